The van der Waals surface area contributed by atoms with Gasteiger partial charge in [0.1, 0.15) is 17.5 Å². The second-order valence-electron chi connectivity index (χ2n) is 8.14. The Balaban J connectivity index is 1.29. The van der Waals surface area contributed by atoms with Crippen molar-refractivity contribution in [3.05, 3.63) is 78.6 Å². The van der Waals surface area contributed by atoms with Crippen molar-refractivity contribution in [2.24, 2.45) is 0 Å². The second kappa shape index (κ2) is 10.7. The van der Waals surface area contributed by atoms with E-state index in [1.807, 2.05) is 37.3 Å². The molecule has 1 amide bonds. The first-order valence-electron chi connectivity index (χ1n) is 11.8. The van der Waals surface area contributed by atoms with Gasteiger partial charge in [0.25, 0.3) is 5.91 Å². The average Bonchev–Trinajstić information content (AvgIpc) is 2.94. The summed E-state index contributed by atoms with van der Waals surface area (Å²) in [5.41, 5.74) is 1.20. The van der Waals surface area contributed by atoms with E-state index in [2.05, 4.69) is 50.3 Å². The predicted octanol–water partition coefficient (Wildman–Crippen LogP) is 2.94. The van der Waals surface area contributed by atoms with Gasteiger partial charge in [-0.05, 0) is 24.3 Å². The van der Waals surface area contributed by atoms with Crippen LogP contribution < -0.4 is 20.4 Å². The van der Waals surface area contributed by atoms with E-state index in [0.717, 1.165) is 37.7 Å². The van der Waals surface area contributed by atoms with Crippen LogP contribution in [-0.2, 0) is 6.42 Å². The molecule has 5 rings (SSSR count). The van der Waals surface area contributed by atoms with Gasteiger partial charge in [0.2, 0.25) is 11.9 Å². The zero-order valence-corrected chi connectivity index (χ0v) is 19.9. The van der Waals surface area contributed by atoms with Gasteiger partial charge < -0.3 is 20.4 Å². The monoisotopic (exact) mass is 482 g/mol. The first kappa shape index (κ1) is 23.1. The van der Waals surface area contributed by atoms with Gasteiger partial charge in [0.05, 0.1) is 6.20 Å². The molecule has 1 aliphatic heterocycles. The first-order valence-corrected chi connectivity index (χ1v) is 11.8. The molecule has 0 radical (unpaired) electrons. The van der Waals surface area contributed by atoms with Gasteiger partial charge in [0.15, 0.2) is 0 Å². The highest BCUT2D eigenvalue weighted by atomic mass is 16.1. The number of aryl methyl sites for hydroxylation is 1. The minimum atomic E-state index is -0.224. The normalized spacial score (nSPS) is 13.4. The summed E-state index contributed by atoms with van der Waals surface area (Å²) in [6.07, 6.45) is 7.39. The highest BCUT2D eigenvalue weighted by Gasteiger charge is 2.21. The smallest absolute Gasteiger partial charge is 0.255 e. The summed E-state index contributed by atoms with van der Waals surface area (Å²) < 4.78 is 0. The van der Waals surface area contributed by atoms with Crippen molar-refractivity contribution in [2.45, 2.75) is 13.3 Å². The molecule has 0 aliphatic carbocycles. The van der Waals surface area contributed by atoms with Crippen LogP contribution >= 0.6 is 0 Å². The summed E-state index contributed by atoms with van der Waals surface area (Å²) in [7, 11) is 0. The topological polar surface area (TPSA) is 125 Å². The molecule has 0 saturated carbocycles. The van der Waals surface area contributed by atoms with E-state index < -0.39 is 0 Å². The molecule has 0 unspecified atom stereocenters. The van der Waals surface area contributed by atoms with Gasteiger partial charge in [-0.15, -0.1) is 0 Å². The first-order chi connectivity index (χ1) is 17.7. The minimum Gasteiger partial charge on any atom is -0.352 e. The lowest BCUT2D eigenvalue weighted by molar-refractivity contribution is 0.102. The maximum absolute atomic E-state index is 12.7. The van der Waals surface area contributed by atoms with Gasteiger partial charge in [-0.2, -0.15) is 15.0 Å². The molecule has 3 aromatic heterocycles. The number of nitrogens with zero attached hydrogens (tertiary/aromatic N) is 8. The molecule has 11 nitrogen and oxygen atoms in total. The van der Waals surface area contributed by atoms with E-state index in [9.17, 15) is 4.79 Å². The third-order valence-electron chi connectivity index (χ3n) is 5.72. The lowest BCUT2D eigenvalue weighted by Crippen LogP contribution is -2.47. The number of piperazine rings is 1. The molecule has 0 atom stereocenters. The van der Waals surface area contributed by atoms with Crippen LogP contribution in [0.1, 0.15) is 23.1 Å². The lowest BCUT2D eigenvalue weighted by Gasteiger charge is -2.35. The van der Waals surface area contributed by atoms with Crippen molar-refractivity contribution >= 4 is 35.1 Å². The van der Waals surface area contributed by atoms with Gasteiger partial charge in [-0.1, -0.05) is 25.1 Å². The number of anilines is 5. The fourth-order valence-corrected chi connectivity index (χ4v) is 3.83. The molecular formula is C25H26N10O. The summed E-state index contributed by atoms with van der Waals surface area (Å²) in [6, 6.07) is 12.6. The van der Waals surface area contributed by atoms with Gasteiger partial charge >= 0.3 is 0 Å². The number of carbonyl (C=O) groups excluding carboxylic acids is 1. The Kier molecular flexibility index (Phi) is 6.88. The lowest BCUT2D eigenvalue weighted by atomic mass is 10.2. The van der Waals surface area contributed by atoms with E-state index in [1.54, 1.807) is 36.9 Å². The Labute approximate surface area is 208 Å². The fourth-order valence-electron chi connectivity index (χ4n) is 3.83. The number of rotatable bonds is 7. The zero-order valence-electron chi connectivity index (χ0n) is 19.9. The number of para-hydroxylation sites is 1. The molecule has 1 fully saturated rings. The van der Waals surface area contributed by atoms with Gasteiger partial charge in [-0.25, -0.2) is 9.97 Å². The Bertz CT molecular complexity index is 1310. The van der Waals surface area contributed by atoms with E-state index in [4.69, 9.17) is 0 Å². The quantitative estimate of drug-likeness (QED) is 0.406. The van der Waals surface area contributed by atoms with Crippen molar-refractivity contribution in [1.29, 1.82) is 0 Å². The molecule has 2 N–H and O–H groups in total. The van der Waals surface area contributed by atoms with Crippen LogP contribution in [0.25, 0.3) is 0 Å². The molecule has 36 heavy (non-hydrogen) atoms. The number of carbonyl (C=O) groups is 1. The molecule has 1 aromatic carbocycles. The van der Waals surface area contributed by atoms with E-state index in [0.29, 0.717) is 35.5 Å². The Morgan fingerprint density at radius 1 is 0.917 bits per heavy atom. The summed E-state index contributed by atoms with van der Waals surface area (Å²) in [5, 5.41) is 6.02. The molecule has 4 aromatic rings. The predicted molar refractivity (Wildman–Crippen MR) is 138 cm³/mol. The number of nitrogens with one attached hydrogen (secondary N) is 2. The zero-order chi connectivity index (χ0) is 24.7. The molecule has 1 aliphatic rings. The molecule has 0 spiro atoms. The number of aromatic nitrogens is 6. The van der Waals surface area contributed by atoms with Crippen LogP contribution in [0.5, 0.6) is 0 Å². The van der Waals surface area contributed by atoms with Crippen LogP contribution in [0.3, 0.4) is 0 Å². The maximum Gasteiger partial charge on any atom is 0.255 e. The van der Waals surface area contributed by atoms with E-state index in [1.165, 1.54) is 0 Å². The SMILES string of the molecule is CCc1nc(Nc2cc(C(=O)Nc3ccccc3)ccn2)nc(N2CCN(c3cnccn3)CC2)n1. The van der Waals surface area contributed by atoms with Crippen LogP contribution in [0.15, 0.2) is 67.3 Å². The second-order valence-corrected chi connectivity index (χ2v) is 8.14. The van der Waals surface area contributed by atoms with E-state index in [-0.39, 0.29) is 5.91 Å². The maximum atomic E-state index is 12.7. The number of hydrogen-bond acceptors (Lipinski definition) is 10. The van der Waals surface area contributed by atoms with Crippen LogP contribution in [0, 0.1) is 0 Å². The number of hydrogen-bond donors (Lipinski definition) is 2. The highest BCUT2D eigenvalue weighted by Crippen LogP contribution is 2.19. The van der Waals surface area contributed by atoms with Gasteiger partial charge in [0, 0.05) is 62.4 Å². The third kappa shape index (κ3) is 5.52. The van der Waals surface area contributed by atoms with Gasteiger partial charge in [-0.3, -0.25) is 9.78 Å². The summed E-state index contributed by atoms with van der Waals surface area (Å²) in [4.78, 5) is 43.7. The summed E-state index contributed by atoms with van der Waals surface area (Å²) in [5.74, 6) is 2.80. The fraction of sp³-hybridized carbons (Fsp3) is 0.240. The van der Waals surface area contributed by atoms with Crippen LogP contribution in [-0.4, -0.2) is 62.0 Å². The molecule has 0 bridgehead atoms. The average molecular weight is 483 g/mol. The third-order valence-corrected chi connectivity index (χ3v) is 5.72. The van der Waals surface area contributed by atoms with Crippen LogP contribution in [0.4, 0.5) is 29.2 Å². The summed E-state index contributed by atoms with van der Waals surface area (Å²) in [6.45, 7) is 5.07. The molecule has 1 saturated heterocycles. The number of benzene rings is 1. The van der Waals surface area contributed by atoms with E-state index >= 15 is 0 Å². The highest BCUT2D eigenvalue weighted by molar-refractivity contribution is 6.04. The molecular weight excluding hydrogens is 456 g/mol. The van der Waals surface area contributed by atoms with Crippen LogP contribution in [0.2, 0.25) is 0 Å². The Morgan fingerprint density at radius 2 is 1.72 bits per heavy atom. The van der Waals surface area contributed by atoms with Crippen molar-refractivity contribution in [1.82, 2.24) is 29.9 Å². The minimum absolute atomic E-state index is 0.224. The molecule has 182 valence electrons. The standard InChI is InChI=1S/C25H26N10O/c1-2-20-30-24(31-21-16-18(8-9-27-21)23(36)29-19-6-4-3-5-7-19)33-25(32-20)35-14-12-34(13-15-35)22-17-26-10-11-28-22/h3-11,16-17H,2,12-15H2,1H3,(H,29,36)(H,27,30,31,32,33). The molecule has 11 heteroatoms. The van der Waals surface area contributed by atoms with Crippen molar-refractivity contribution in [2.75, 3.05) is 46.6 Å². The Hall–Kier alpha value is -4.67. The van der Waals surface area contributed by atoms with Crippen molar-refractivity contribution in [3.63, 3.8) is 0 Å². The summed E-state index contributed by atoms with van der Waals surface area (Å²) >= 11 is 0. The van der Waals surface area contributed by atoms with Crippen molar-refractivity contribution in [3.8, 4) is 0 Å². The van der Waals surface area contributed by atoms with Crippen molar-refractivity contribution < 1.29 is 4.79 Å². The molecule has 4 heterocycles. The largest absolute Gasteiger partial charge is 0.352 e. The number of amides is 1. The number of pyridine rings is 1. The Morgan fingerprint density at radius 3 is 2.47 bits per heavy atom.